The van der Waals surface area contributed by atoms with Crippen molar-refractivity contribution in [2.24, 2.45) is 0 Å². The Balaban J connectivity index is 2.19. The molecule has 0 aliphatic heterocycles. The van der Waals surface area contributed by atoms with Crippen LogP contribution in [0, 0.1) is 6.92 Å². The van der Waals surface area contributed by atoms with Crippen molar-refractivity contribution < 1.29 is 23.9 Å². The van der Waals surface area contributed by atoms with Crippen LogP contribution in [-0.4, -0.2) is 32.1 Å². The van der Waals surface area contributed by atoms with E-state index in [1.807, 2.05) is 31.2 Å². The van der Waals surface area contributed by atoms with Crippen LogP contribution < -0.4 is 10.6 Å². The van der Waals surface area contributed by atoms with Crippen molar-refractivity contribution >= 4 is 23.5 Å². The van der Waals surface area contributed by atoms with Gasteiger partial charge in [0.15, 0.2) is 0 Å². The number of benzene rings is 2. The quantitative estimate of drug-likeness (QED) is 0.565. The van der Waals surface area contributed by atoms with Crippen LogP contribution in [0.25, 0.3) is 0 Å². The van der Waals surface area contributed by atoms with Crippen LogP contribution in [0.1, 0.15) is 21.5 Å². The van der Waals surface area contributed by atoms with Crippen LogP contribution in [0.5, 0.6) is 0 Å². The van der Waals surface area contributed by atoms with Gasteiger partial charge in [0.2, 0.25) is 0 Å². The number of anilines is 1. The van der Waals surface area contributed by atoms with Crippen LogP contribution in [-0.2, 0) is 25.6 Å². The molecular weight excluding hydrogens is 360 g/mol. The molecule has 0 aromatic heterocycles. The maximum absolute atomic E-state index is 12.6. The van der Waals surface area contributed by atoms with E-state index >= 15 is 0 Å². The molecule has 0 saturated heterocycles. The lowest BCUT2D eigenvalue weighted by molar-refractivity contribution is -0.138. The third-order valence-corrected chi connectivity index (χ3v) is 3.88. The predicted molar refractivity (Wildman–Crippen MR) is 105 cm³/mol. The van der Waals surface area contributed by atoms with E-state index in [4.69, 9.17) is 0 Å². The summed E-state index contributed by atoms with van der Waals surface area (Å²) in [5, 5.41) is 5.61. The van der Waals surface area contributed by atoms with Gasteiger partial charge in [-0.15, -0.1) is 0 Å². The zero-order chi connectivity index (χ0) is 20.5. The Morgan fingerprint density at radius 3 is 2.29 bits per heavy atom. The van der Waals surface area contributed by atoms with Crippen LogP contribution in [0.3, 0.4) is 0 Å². The minimum atomic E-state index is -0.764. The van der Waals surface area contributed by atoms with Gasteiger partial charge in [0.05, 0.1) is 31.5 Å². The Hall–Kier alpha value is -3.61. The molecule has 146 valence electrons. The number of carbonyl (C=O) groups is 3. The highest BCUT2D eigenvalue weighted by Crippen LogP contribution is 2.18. The molecule has 0 radical (unpaired) electrons. The van der Waals surface area contributed by atoms with E-state index in [0.29, 0.717) is 17.8 Å². The average molecular weight is 382 g/mol. The van der Waals surface area contributed by atoms with Crippen molar-refractivity contribution in [1.29, 1.82) is 0 Å². The van der Waals surface area contributed by atoms with Gasteiger partial charge >= 0.3 is 11.9 Å². The Labute approximate surface area is 163 Å². The molecule has 1 amide bonds. The minimum absolute atomic E-state index is 0.145. The van der Waals surface area contributed by atoms with Gasteiger partial charge in [-0.3, -0.25) is 4.79 Å². The highest BCUT2D eigenvalue weighted by atomic mass is 16.5. The van der Waals surface area contributed by atoms with E-state index in [1.54, 1.807) is 24.3 Å². The summed E-state index contributed by atoms with van der Waals surface area (Å²) < 4.78 is 9.21. The first-order chi connectivity index (χ1) is 13.4. The topological polar surface area (TPSA) is 93.7 Å². The molecular formula is C21H22N2O5. The summed E-state index contributed by atoms with van der Waals surface area (Å²) in [6.45, 7) is 2.35. The molecule has 2 rings (SSSR count). The van der Waals surface area contributed by atoms with Gasteiger partial charge < -0.3 is 20.1 Å². The number of amides is 1. The normalized spacial score (nSPS) is 10.8. The lowest BCUT2D eigenvalue weighted by atomic mass is 10.1. The molecule has 0 atom stereocenters. The van der Waals surface area contributed by atoms with Gasteiger partial charge in [0.25, 0.3) is 5.91 Å². The second-order valence-corrected chi connectivity index (χ2v) is 5.91. The van der Waals surface area contributed by atoms with Crippen molar-refractivity contribution in [2.45, 2.75) is 13.5 Å². The van der Waals surface area contributed by atoms with E-state index in [1.165, 1.54) is 14.2 Å². The number of hydrogen-bond acceptors (Lipinski definition) is 6. The Morgan fingerprint density at radius 2 is 1.64 bits per heavy atom. The van der Waals surface area contributed by atoms with Crippen LogP contribution in [0.2, 0.25) is 0 Å². The molecule has 2 N–H and O–H groups in total. The summed E-state index contributed by atoms with van der Waals surface area (Å²) in [6, 6.07) is 14.4. The maximum Gasteiger partial charge on any atom is 0.354 e. The van der Waals surface area contributed by atoms with E-state index in [2.05, 4.69) is 20.1 Å². The number of ether oxygens (including phenoxy) is 2. The van der Waals surface area contributed by atoms with E-state index in [9.17, 15) is 14.4 Å². The Kier molecular flexibility index (Phi) is 7.33. The molecule has 0 bridgehead atoms. The van der Waals surface area contributed by atoms with Crippen LogP contribution in [0.4, 0.5) is 5.69 Å². The Bertz CT molecular complexity index is 888. The van der Waals surface area contributed by atoms with Gasteiger partial charge in [-0.05, 0) is 24.6 Å². The summed E-state index contributed by atoms with van der Waals surface area (Å²) in [5.74, 6) is -1.82. The number of para-hydroxylation sites is 1. The average Bonchev–Trinajstić information content (AvgIpc) is 2.72. The number of rotatable bonds is 7. The lowest BCUT2D eigenvalue weighted by Gasteiger charge is -2.13. The molecule has 0 fully saturated rings. The zero-order valence-electron chi connectivity index (χ0n) is 15.9. The fraction of sp³-hybridized carbons (Fsp3) is 0.190. The van der Waals surface area contributed by atoms with Gasteiger partial charge in [-0.1, -0.05) is 42.0 Å². The molecule has 2 aromatic rings. The standard InChI is InChI=1S/C21H22N2O5/c1-14-8-10-15(11-9-14)13-22-20(25)16-6-4-5-7-17(16)23-18(21(26)28-3)12-19(24)27-2/h4-12,23H,13H2,1-3H3,(H,22,25)/b18-12+. The SMILES string of the molecule is COC(=O)/C=C(/Nc1ccccc1C(=O)NCc1ccc(C)cc1)C(=O)OC. The highest BCUT2D eigenvalue weighted by Gasteiger charge is 2.17. The van der Waals surface area contributed by atoms with Crippen LogP contribution >= 0.6 is 0 Å². The van der Waals surface area contributed by atoms with Crippen molar-refractivity contribution in [2.75, 3.05) is 19.5 Å². The first-order valence-corrected chi connectivity index (χ1v) is 8.52. The van der Waals surface area contributed by atoms with Crippen molar-refractivity contribution in [3.8, 4) is 0 Å². The molecule has 0 spiro atoms. The molecule has 0 heterocycles. The third kappa shape index (κ3) is 5.70. The summed E-state index contributed by atoms with van der Waals surface area (Å²) in [6.07, 6.45) is 0.965. The zero-order valence-corrected chi connectivity index (χ0v) is 15.9. The van der Waals surface area contributed by atoms with E-state index in [0.717, 1.165) is 17.2 Å². The highest BCUT2D eigenvalue weighted by molar-refractivity contribution is 6.03. The fourth-order valence-corrected chi connectivity index (χ4v) is 2.35. The number of nitrogens with one attached hydrogen (secondary N) is 2. The van der Waals surface area contributed by atoms with Gasteiger partial charge in [-0.25, -0.2) is 9.59 Å². The summed E-state index contributed by atoms with van der Waals surface area (Å²) >= 11 is 0. The predicted octanol–water partition coefficient (Wildman–Crippen LogP) is 2.57. The van der Waals surface area contributed by atoms with E-state index in [-0.39, 0.29) is 11.6 Å². The summed E-state index contributed by atoms with van der Waals surface area (Å²) in [7, 11) is 2.38. The number of aryl methyl sites for hydroxylation is 1. The van der Waals surface area contributed by atoms with Crippen molar-refractivity contribution in [3.05, 3.63) is 77.0 Å². The van der Waals surface area contributed by atoms with Gasteiger partial charge in [0.1, 0.15) is 5.70 Å². The maximum atomic E-state index is 12.6. The lowest BCUT2D eigenvalue weighted by Crippen LogP contribution is -2.24. The van der Waals surface area contributed by atoms with E-state index < -0.39 is 11.9 Å². The molecule has 28 heavy (non-hydrogen) atoms. The third-order valence-electron chi connectivity index (χ3n) is 3.88. The minimum Gasteiger partial charge on any atom is -0.466 e. The van der Waals surface area contributed by atoms with Gasteiger partial charge in [-0.2, -0.15) is 0 Å². The second-order valence-electron chi connectivity index (χ2n) is 5.91. The second kappa shape index (κ2) is 9.91. The largest absolute Gasteiger partial charge is 0.466 e. The first-order valence-electron chi connectivity index (χ1n) is 8.52. The number of carbonyl (C=O) groups excluding carboxylic acids is 3. The molecule has 7 nitrogen and oxygen atoms in total. The van der Waals surface area contributed by atoms with Crippen molar-refractivity contribution in [3.63, 3.8) is 0 Å². The Morgan fingerprint density at radius 1 is 0.964 bits per heavy atom. The molecule has 2 aromatic carbocycles. The number of hydrogen-bond donors (Lipinski definition) is 2. The molecule has 0 aliphatic carbocycles. The molecule has 7 heteroatoms. The number of methoxy groups -OCH3 is 2. The summed E-state index contributed by atoms with van der Waals surface area (Å²) in [5.41, 5.74) is 2.62. The number of esters is 2. The van der Waals surface area contributed by atoms with Crippen LogP contribution in [0.15, 0.2) is 60.3 Å². The van der Waals surface area contributed by atoms with Crippen molar-refractivity contribution in [1.82, 2.24) is 5.32 Å². The molecule has 0 aliphatic rings. The fourth-order valence-electron chi connectivity index (χ4n) is 2.35. The monoisotopic (exact) mass is 382 g/mol. The first kappa shape index (κ1) is 20.7. The molecule has 0 unspecified atom stereocenters. The summed E-state index contributed by atoms with van der Waals surface area (Å²) in [4.78, 5) is 36.1. The van der Waals surface area contributed by atoms with Gasteiger partial charge in [0, 0.05) is 6.54 Å². The molecule has 0 saturated carbocycles. The smallest absolute Gasteiger partial charge is 0.354 e.